The predicted molar refractivity (Wildman–Crippen MR) is 26.7 cm³/mol. The van der Waals surface area contributed by atoms with E-state index in [0.717, 1.165) is 0 Å². The molecule has 0 aliphatic rings. The Hall–Kier alpha value is -0.573. The van der Waals surface area contributed by atoms with E-state index < -0.39 is 0 Å². The van der Waals surface area contributed by atoms with Crippen LogP contribution in [0.3, 0.4) is 0 Å². The van der Waals surface area contributed by atoms with Gasteiger partial charge in [-0.25, -0.2) is 4.79 Å². The molecule has 0 bridgehead atoms. The van der Waals surface area contributed by atoms with E-state index in [2.05, 4.69) is 14.9 Å². The van der Waals surface area contributed by atoms with Gasteiger partial charge in [-0.15, -0.1) is 0 Å². The Morgan fingerprint density at radius 2 is 2.43 bits per heavy atom. The van der Waals surface area contributed by atoms with Gasteiger partial charge in [-0.1, -0.05) is 6.08 Å². The highest BCUT2D eigenvalue weighted by atomic mass is 28.2. The first-order valence-corrected chi connectivity index (χ1v) is 2.22. The van der Waals surface area contributed by atoms with Crippen molar-refractivity contribution in [1.82, 2.24) is 0 Å². The molecule has 0 rings (SSSR count). The molecule has 0 aliphatic heterocycles. The summed E-state index contributed by atoms with van der Waals surface area (Å²) in [4.78, 5) is 10.1. The van der Waals surface area contributed by atoms with Gasteiger partial charge in [0.25, 0.3) is 0 Å². The van der Waals surface area contributed by atoms with Gasteiger partial charge in [0.15, 0.2) is 0 Å². The van der Waals surface area contributed by atoms with E-state index in [1.807, 2.05) is 0 Å². The monoisotopic (exact) mass is 113 g/mol. The molecule has 0 aliphatic carbocycles. The van der Waals surface area contributed by atoms with Crippen molar-refractivity contribution in [2.75, 3.05) is 0 Å². The molecular formula is C4H5O2Si. The Kier molecular flexibility index (Phi) is 3.32. The fourth-order valence-electron chi connectivity index (χ4n) is 0.170. The molecule has 0 aromatic heterocycles. The molecule has 0 amide bonds. The quantitative estimate of drug-likeness (QED) is 0.358. The first kappa shape index (κ1) is 6.43. The molecule has 2 nitrogen and oxygen atoms in total. The maximum Gasteiger partial charge on any atom is 0.345 e. The van der Waals surface area contributed by atoms with E-state index in [0.29, 0.717) is 0 Å². The summed E-state index contributed by atoms with van der Waals surface area (Å²) in [6.45, 7) is 1.74. The van der Waals surface area contributed by atoms with Gasteiger partial charge in [-0.3, -0.25) is 0 Å². The van der Waals surface area contributed by atoms with Crippen LogP contribution >= 0.6 is 0 Å². The molecule has 0 aromatic carbocycles. The Morgan fingerprint density at radius 1 is 1.86 bits per heavy atom. The lowest BCUT2D eigenvalue weighted by atomic mass is 10.5. The Labute approximate surface area is 45.7 Å². The van der Waals surface area contributed by atoms with Gasteiger partial charge < -0.3 is 4.43 Å². The van der Waals surface area contributed by atoms with Crippen LogP contribution in [-0.2, 0) is 9.22 Å². The van der Waals surface area contributed by atoms with Gasteiger partial charge >= 0.3 is 16.5 Å². The highest BCUT2D eigenvalue weighted by Crippen LogP contribution is 1.72. The fourth-order valence-corrected chi connectivity index (χ4v) is 0.238. The zero-order valence-electron chi connectivity index (χ0n) is 3.97. The van der Waals surface area contributed by atoms with Gasteiger partial charge in [-0.2, -0.15) is 0 Å². The second kappa shape index (κ2) is 3.61. The van der Waals surface area contributed by atoms with Crippen LogP contribution in [0, 0.1) is 0 Å². The van der Waals surface area contributed by atoms with Crippen molar-refractivity contribution in [3.63, 3.8) is 0 Å². The third-order valence-corrected chi connectivity index (χ3v) is 0.605. The molecule has 0 saturated carbocycles. The lowest BCUT2D eigenvalue weighted by Crippen LogP contribution is -1.94. The zero-order chi connectivity index (χ0) is 5.70. The highest BCUT2D eigenvalue weighted by Gasteiger charge is 1.84. The van der Waals surface area contributed by atoms with Gasteiger partial charge in [0.2, 0.25) is 0 Å². The summed E-state index contributed by atoms with van der Waals surface area (Å²) in [6, 6.07) is 0. The van der Waals surface area contributed by atoms with Crippen molar-refractivity contribution in [3.8, 4) is 0 Å². The maximum atomic E-state index is 10.1. The topological polar surface area (TPSA) is 26.3 Å². The number of hydrogen-bond donors (Lipinski definition) is 0. The summed E-state index contributed by atoms with van der Waals surface area (Å²) in [5.74, 6) is -0.390. The third-order valence-electron chi connectivity index (χ3n) is 0.403. The van der Waals surface area contributed by atoms with Gasteiger partial charge in [0, 0.05) is 6.08 Å². The summed E-state index contributed by atoms with van der Waals surface area (Å²) in [5, 5.41) is 0. The van der Waals surface area contributed by atoms with E-state index >= 15 is 0 Å². The van der Waals surface area contributed by atoms with Crippen LogP contribution in [0.15, 0.2) is 12.2 Å². The first-order valence-electron chi connectivity index (χ1n) is 1.81. The molecule has 0 unspecified atom stereocenters. The van der Waals surface area contributed by atoms with Gasteiger partial charge in [0.05, 0.1) is 0 Å². The van der Waals surface area contributed by atoms with Crippen LogP contribution < -0.4 is 0 Å². The standard InChI is InChI=1S/C4H5O2Si/c1-2-3-4(5)6-7/h2-3H,1H3. The summed E-state index contributed by atoms with van der Waals surface area (Å²) < 4.78 is 4.07. The highest BCUT2D eigenvalue weighted by molar-refractivity contribution is 6.07. The normalized spacial score (nSPS) is 9.43. The summed E-state index contributed by atoms with van der Waals surface area (Å²) in [7, 11) is 2.56. The average Bonchev–Trinajstić information content (AvgIpc) is 1.68. The molecule has 0 aromatic rings. The van der Waals surface area contributed by atoms with E-state index in [1.54, 1.807) is 13.0 Å². The van der Waals surface area contributed by atoms with Crippen molar-refractivity contribution in [2.24, 2.45) is 0 Å². The number of allylic oxidation sites excluding steroid dienone is 1. The minimum absolute atomic E-state index is 0.390. The van der Waals surface area contributed by atoms with Crippen molar-refractivity contribution in [3.05, 3.63) is 12.2 Å². The van der Waals surface area contributed by atoms with Crippen LogP contribution in [-0.4, -0.2) is 16.5 Å². The minimum atomic E-state index is -0.390. The van der Waals surface area contributed by atoms with E-state index in [4.69, 9.17) is 0 Å². The lowest BCUT2D eigenvalue weighted by molar-refractivity contribution is -0.128. The first-order chi connectivity index (χ1) is 3.31. The predicted octanol–water partition coefficient (Wildman–Crippen LogP) is 0.189. The van der Waals surface area contributed by atoms with E-state index in [9.17, 15) is 4.79 Å². The minimum Gasteiger partial charge on any atom is -0.513 e. The average molecular weight is 113 g/mol. The fraction of sp³-hybridized carbons (Fsp3) is 0.250. The Bertz CT molecular complexity index is 87.7. The lowest BCUT2D eigenvalue weighted by Gasteiger charge is -1.84. The smallest absolute Gasteiger partial charge is 0.345 e. The van der Waals surface area contributed by atoms with Crippen LogP contribution in [0.1, 0.15) is 6.92 Å². The number of rotatable bonds is 1. The summed E-state index contributed by atoms with van der Waals surface area (Å²) >= 11 is 0. The Balaban J connectivity index is 3.37. The number of carbonyl (C=O) groups excluding carboxylic acids is 1. The maximum absolute atomic E-state index is 10.1. The van der Waals surface area contributed by atoms with E-state index in [1.165, 1.54) is 6.08 Å². The summed E-state index contributed by atoms with van der Waals surface area (Å²) in [5.41, 5.74) is 0. The number of carbonyl (C=O) groups is 1. The molecule has 0 spiro atoms. The van der Waals surface area contributed by atoms with Crippen molar-refractivity contribution < 1.29 is 9.22 Å². The largest absolute Gasteiger partial charge is 0.513 e. The molecule has 3 radical (unpaired) electrons. The zero-order valence-corrected chi connectivity index (χ0v) is 4.97. The summed E-state index contributed by atoms with van der Waals surface area (Å²) in [6.07, 6.45) is 2.91. The molecular weight excluding hydrogens is 108 g/mol. The second-order valence-corrected chi connectivity index (χ2v) is 1.13. The van der Waals surface area contributed by atoms with E-state index in [-0.39, 0.29) is 5.97 Å². The van der Waals surface area contributed by atoms with Gasteiger partial charge in [-0.05, 0) is 6.92 Å². The third kappa shape index (κ3) is 3.25. The van der Waals surface area contributed by atoms with Crippen LogP contribution in [0.4, 0.5) is 0 Å². The number of hydrogen-bond acceptors (Lipinski definition) is 2. The van der Waals surface area contributed by atoms with Crippen molar-refractivity contribution in [1.29, 1.82) is 0 Å². The van der Waals surface area contributed by atoms with Gasteiger partial charge in [0.1, 0.15) is 0 Å². The van der Waals surface area contributed by atoms with Crippen molar-refractivity contribution >= 4 is 16.5 Å². The second-order valence-electron chi connectivity index (χ2n) is 0.921. The molecule has 0 N–H and O–H groups in total. The molecule has 0 saturated heterocycles. The van der Waals surface area contributed by atoms with Crippen LogP contribution in [0.5, 0.6) is 0 Å². The molecule has 7 heavy (non-hydrogen) atoms. The van der Waals surface area contributed by atoms with Crippen LogP contribution in [0.25, 0.3) is 0 Å². The SMILES string of the molecule is CC=CC(=O)O[Si]. The van der Waals surface area contributed by atoms with Crippen LogP contribution in [0.2, 0.25) is 0 Å². The Morgan fingerprint density at radius 3 is 2.57 bits per heavy atom. The molecule has 0 heterocycles. The molecule has 0 fully saturated rings. The molecule has 0 atom stereocenters. The molecule has 37 valence electrons. The molecule has 3 heteroatoms. The van der Waals surface area contributed by atoms with Crippen molar-refractivity contribution in [2.45, 2.75) is 6.92 Å².